The maximum atomic E-state index is 14.0. The van der Waals surface area contributed by atoms with Crippen molar-refractivity contribution in [2.75, 3.05) is 16.8 Å². The van der Waals surface area contributed by atoms with Gasteiger partial charge in [-0.1, -0.05) is 47.4 Å². The van der Waals surface area contributed by atoms with E-state index in [-0.39, 0.29) is 35.8 Å². The quantitative estimate of drug-likeness (QED) is 0.493. The van der Waals surface area contributed by atoms with E-state index in [2.05, 4.69) is 21.2 Å². The number of halogens is 2. The largest absolute Gasteiger partial charge is 0.462 e. The molecule has 1 amide bonds. The molecule has 2 aromatic rings. The van der Waals surface area contributed by atoms with E-state index in [0.717, 1.165) is 4.47 Å². The maximum Gasteiger partial charge on any atom is 0.339 e. The average molecular weight is 571 g/mol. The fourth-order valence-corrected chi connectivity index (χ4v) is 6.18. The van der Waals surface area contributed by atoms with Crippen LogP contribution in [-0.2, 0) is 24.5 Å². The molecule has 0 saturated heterocycles. The number of benzene rings is 2. The smallest absolute Gasteiger partial charge is 0.339 e. The number of carbonyl (C=O) groups excluding carboxylic acids is 3. The summed E-state index contributed by atoms with van der Waals surface area (Å²) in [4.78, 5) is 43.3. The number of amides is 1. The van der Waals surface area contributed by atoms with Crippen molar-refractivity contribution in [2.24, 2.45) is 11.1 Å². The number of rotatable bonds is 3. The summed E-state index contributed by atoms with van der Waals surface area (Å²) in [6, 6.07) is 12.3. The Balaban J connectivity index is 1.93. The van der Waals surface area contributed by atoms with Crippen molar-refractivity contribution in [1.82, 2.24) is 0 Å². The lowest BCUT2D eigenvalue weighted by atomic mass is 9.60. The zero-order chi connectivity index (χ0) is 26.0. The zero-order valence-electron chi connectivity index (χ0n) is 20.1. The number of anilines is 2. The highest BCUT2D eigenvalue weighted by molar-refractivity contribution is 9.10. The van der Waals surface area contributed by atoms with Crippen LogP contribution in [0.2, 0.25) is 5.02 Å². The predicted molar refractivity (Wildman–Crippen MR) is 141 cm³/mol. The lowest BCUT2D eigenvalue weighted by molar-refractivity contribution is -0.140. The first-order valence-electron chi connectivity index (χ1n) is 11.6. The Bertz CT molecular complexity index is 1410. The topological polar surface area (TPSA) is 102 Å². The lowest BCUT2D eigenvalue weighted by Crippen LogP contribution is -2.54. The number of esters is 1. The highest BCUT2D eigenvalue weighted by Crippen LogP contribution is 2.57. The Morgan fingerprint density at radius 2 is 1.94 bits per heavy atom. The van der Waals surface area contributed by atoms with Gasteiger partial charge in [0.05, 0.1) is 6.61 Å². The Labute approximate surface area is 222 Å². The fraction of sp³-hybridized carbons (Fsp3) is 0.296. The number of nitrogens with one attached hydrogen (secondary N) is 1. The summed E-state index contributed by atoms with van der Waals surface area (Å²) in [5.41, 5.74) is 6.93. The number of hydrogen-bond acceptors (Lipinski definition) is 6. The molecule has 1 unspecified atom stereocenters. The molecule has 0 radical (unpaired) electrons. The zero-order valence-corrected chi connectivity index (χ0v) is 22.4. The summed E-state index contributed by atoms with van der Waals surface area (Å²) < 4.78 is 6.23. The van der Waals surface area contributed by atoms with Crippen molar-refractivity contribution in [1.29, 1.82) is 0 Å². The Morgan fingerprint density at radius 3 is 2.64 bits per heavy atom. The van der Waals surface area contributed by atoms with Crippen LogP contribution in [0.4, 0.5) is 11.4 Å². The van der Waals surface area contributed by atoms with Crippen LogP contribution in [0, 0.1) is 5.41 Å². The van der Waals surface area contributed by atoms with Crippen molar-refractivity contribution in [3.63, 3.8) is 0 Å². The first kappa shape index (κ1) is 24.6. The van der Waals surface area contributed by atoms with Gasteiger partial charge in [0.1, 0.15) is 16.8 Å². The van der Waals surface area contributed by atoms with Crippen molar-refractivity contribution in [3.8, 4) is 0 Å². The van der Waals surface area contributed by atoms with E-state index in [9.17, 15) is 14.4 Å². The van der Waals surface area contributed by atoms with Gasteiger partial charge in [0.15, 0.2) is 5.78 Å². The number of fused-ring (bicyclic) bond motifs is 3. The SMILES string of the molecule is CCOC(=O)C1=C(N)N(c2cccc(Br)c2)C2=C(C(=O)CC(C)(C)C2)C12C(=O)Nc1ccc(Cl)cc12. The van der Waals surface area contributed by atoms with Gasteiger partial charge in [-0.25, -0.2) is 4.79 Å². The van der Waals surface area contributed by atoms with E-state index in [1.807, 2.05) is 38.1 Å². The predicted octanol–water partition coefficient (Wildman–Crippen LogP) is 5.19. The number of allylic oxidation sites excluding steroid dienone is 1. The molecule has 0 fully saturated rings. The molecule has 0 bridgehead atoms. The monoisotopic (exact) mass is 569 g/mol. The summed E-state index contributed by atoms with van der Waals surface area (Å²) >= 11 is 9.88. The molecule has 3 N–H and O–H groups in total. The van der Waals surface area contributed by atoms with E-state index in [1.54, 1.807) is 30.0 Å². The minimum Gasteiger partial charge on any atom is -0.462 e. The van der Waals surface area contributed by atoms with Crippen molar-refractivity contribution in [3.05, 3.63) is 80.2 Å². The summed E-state index contributed by atoms with van der Waals surface area (Å²) in [6.07, 6.45) is 0.668. The van der Waals surface area contributed by atoms with Gasteiger partial charge >= 0.3 is 5.97 Å². The van der Waals surface area contributed by atoms with E-state index in [1.165, 1.54) is 0 Å². The average Bonchev–Trinajstić information content (AvgIpc) is 3.04. The van der Waals surface area contributed by atoms with Crippen LogP contribution in [0.1, 0.15) is 39.2 Å². The van der Waals surface area contributed by atoms with Crippen molar-refractivity contribution in [2.45, 2.75) is 39.0 Å². The molecule has 7 nitrogen and oxygen atoms in total. The normalized spacial score (nSPS) is 22.5. The van der Waals surface area contributed by atoms with Crippen molar-refractivity contribution < 1.29 is 19.1 Å². The summed E-state index contributed by atoms with van der Waals surface area (Å²) in [6.45, 7) is 5.75. The minimum atomic E-state index is -1.78. The summed E-state index contributed by atoms with van der Waals surface area (Å²) in [5.74, 6) is -1.47. The molecule has 1 atom stereocenters. The molecule has 3 aliphatic rings. The van der Waals surface area contributed by atoms with Gasteiger partial charge in [-0.3, -0.25) is 14.5 Å². The lowest BCUT2D eigenvalue weighted by Gasteiger charge is -2.47. The van der Waals surface area contributed by atoms with Gasteiger partial charge in [-0.2, -0.15) is 0 Å². The standard InChI is InChI=1S/C27H25BrClN3O4/c1-4-36-24(34)22-23(30)32(16-7-5-6-14(28)10-16)19-12-26(2,3)13-20(33)21(19)27(22)17-11-15(29)8-9-18(17)31-25(27)35/h5-11H,4,12-13,30H2,1-3H3,(H,31,35). The van der Waals surface area contributed by atoms with E-state index < -0.39 is 22.7 Å². The summed E-state index contributed by atoms with van der Waals surface area (Å²) in [7, 11) is 0. The Morgan fingerprint density at radius 1 is 1.19 bits per heavy atom. The van der Waals surface area contributed by atoms with Crippen LogP contribution >= 0.6 is 27.5 Å². The van der Waals surface area contributed by atoms with Gasteiger partial charge in [-0.05, 0) is 55.2 Å². The van der Waals surface area contributed by atoms with Crippen molar-refractivity contribution >= 4 is 56.6 Å². The molecule has 186 valence electrons. The number of Topliss-reactive ketones (excluding diaryl/α,β-unsaturated/α-hetero) is 1. The Kier molecular flexibility index (Phi) is 5.80. The number of ether oxygens (including phenoxy) is 1. The molecule has 0 saturated carbocycles. The number of hydrogen-bond donors (Lipinski definition) is 2. The molecule has 2 aliphatic heterocycles. The van der Waals surface area contributed by atoms with Crippen LogP contribution in [0.3, 0.4) is 0 Å². The molecule has 2 heterocycles. The molecule has 36 heavy (non-hydrogen) atoms. The van der Waals surface area contributed by atoms with Gasteiger partial charge in [0, 0.05) is 44.1 Å². The van der Waals surface area contributed by atoms with Gasteiger partial charge < -0.3 is 15.8 Å². The van der Waals surface area contributed by atoms with Crippen LogP contribution in [0.5, 0.6) is 0 Å². The second-order valence-corrected chi connectivity index (χ2v) is 11.3. The van der Waals surface area contributed by atoms with E-state index >= 15 is 0 Å². The third kappa shape index (κ3) is 3.50. The molecule has 5 rings (SSSR count). The van der Waals surface area contributed by atoms with Gasteiger partial charge in [0.25, 0.3) is 0 Å². The molecule has 0 aromatic heterocycles. The Hall–Kier alpha value is -3.10. The molecule has 2 aromatic carbocycles. The molecule has 1 aliphatic carbocycles. The second kappa shape index (κ2) is 8.49. The summed E-state index contributed by atoms with van der Waals surface area (Å²) in [5, 5.41) is 3.23. The molecule has 1 spiro atoms. The second-order valence-electron chi connectivity index (χ2n) is 9.95. The highest BCUT2D eigenvalue weighted by atomic mass is 79.9. The van der Waals surface area contributed by atoms with Crippen LogP contribution in [0.15, 0.2) is 69.6 Å². The highest BCUT2D eigenvalue weighted by Gasteiger charge is 2.63. The minimum absolute atomic E-state index is 0.0405. The van der Waals surface area contributed by atoms with Crippen LogP contribution < -0.4 is 16.0 Å². The van der Waals surface area contributed by atoms with E-state index in [0.29, 0.717) is 34.1 Å². The molecular weight excluding hydrogens is 546 g/mol. The number of nitrogens with zero attached hydrogens (tertiary/aromatic N) is 1. The number of ketones is 1. The number of nitrogens with two attached hydrogens (primary N) is 1. The molecular formula is C27H25BrClN3O4. The molecule has 9 heteroatoms. The maximum absolute atomic E-state index is 14.0. The number of carbonyl (C=O) groups is 3. The van der Waals surface area contributed by atoms with Crippen LogP contribution in [-0.4, -0.2) is 24.3 Å². The third-order valence-corrected chi connectivity index (χ3v) is 7.62. The third-order valence-electron chi connectivity index (χ3n) is 6.89. The fourth-order valence-electron chi connectivity index (χ4n) is 5.62. The van der Waals surface area contributed by atoms with Gasteiger partial charge in [-0.15, -0.1) is 0 Å². The first-order chi connectivity index (χ1) is 17.0. The van der Waals surface area contributed by atoms with E-state index in [4.69, 9.17) is 22.1 Å². The van der Waals surface area contributed by atoms with Gasteiger partial charge in [0.2, 0.25) is 5.91 Å². The van der Waals surface area contributed by atoms with Crippen LogP contribution in [0.25, 0.3) is 0 Å². The first-order valence-corrected chi connectivity index (χ1v) is 12.8.